The number of fused-ring (bicyclic) bond motifs is 3. The quantitative estimate of drug-likeness (QED) is 0.423. The fourth-order valence-corrected chi connectivity index (χ4v) is 3.95. The van der Waals surface area contributed by atoms with E-state index in [2.05, 4.69) is 10.1 Å². The Hall–Kier alpha value is -3.65. The maximum atomic E-state index is 14.5. The number of pyridine rings is 1. The molecule has 5 rings (SSSR count). The summed E-state index contributed by atoms with van der Waals surface area (Å²) in [5, 5.41) is 4.86. The van der Waals surface area contributed by atoms with Crippen molar-refractivity contribution >= 4 is 40.1 Å². The van der Waals surface area contributed by atoms with Crippen LogP contribution >= 0.6 is 11.6 Å². The van der Waals surface area contributed by atoms with Crippen molar-refractivity contribution in [3.63, 3.8) is 0 Å². The number of amides is 2. The molecule has 0 aliphatic carbocycles. The number of hydrogen-bond donors (Lipinski definition) is 0. The highest BCUT2D eigenvalue weighted by Gasteiger charge is 2.41. The molecule has 0 radical (unpaired) electrons. The van der Waals surface area contributed by atoms with E-state index in [0.717, 1.165) is 11.0 Å². The van der Waals surface area contributed by atoms with Crippen LogP contribution in [0.4, 0.5) is 14.5 Å². The van der Waals surface area contributed by atoms with Crippen LogP contribution in [-0.2, 0) is 0 Å². The van der Waals surface area contributed by atoms with E-state index in [9.17, 15) is 18.4 Å². The van der Waals surface area contributed by atoms with E-state index in [1.807, 2.05) is 0 Å². The highest BCUT2D eigenvalue weighted by Crippen LogP contribution is 2.36. The van der Waals surface area contributed by atoms with E-state index in [-0.39, 0.29) is 33.2 Å². The standard InChI is InChI=1S/C22H13ClF2N4O2/c1-10-3-5-16(14(24)7-10)28-21(30)13-9-26-20-18(19(13)22(28)31)11(2)27-29(20)17-6-4-12(23)8-15(17)25/h3-9H,1-2H3. The number of halogens is 3. The molecular weight excluding hydrogens is 426 g/mol. The van der Waals surface area contributed by atoms with E-state index in [1.54, 1.807) is 19.9 Å². The zero-order valence-corrected chi connectivity index (χ0v) is 17.0. The van der Waals surface area contributed by atoms with Gasteiger partial charge in [-0.2, -0.15) is 5.10 Å². The first-order valence-corrected chi connectivity index (χ1v) is 9.64. The van der Waals surface area contributed by atoms with Crippen LogP contribution in [0.1, 0.15) is 32.0 Å². The third kappa shape index (κ3) is 2.75. The van der Waals surface area contributed by atoms with Crippen molar-refractivity contribution in [1.82, 2.24) is 14.8 Å². The number of aryl methyl sites for hydroxylation is 2. The Labute approximate surface area is 179 Å². The molecule has 0 saturated heterocycles. The largest absolute Gasteiger partial charge is 0.268 e. The third-order valence-electron chi connectivity index (χ3n) is 5.20. The molecule has 6 nitrogen and oxygen atoms in total. The van der Waals surface area contributed by atoms with Gasteiger partial charge in [0.1, 0.15) is 17.3 Å². The molecule has 1 aliphatic rings. The van der Waals surface area contributed by atoms with Crippen LogP contribution in [0, 0.1) is 25.5 Å². The minimum absolute atomic E-state index is 0.0386. The molecule has 3 heterocycles. The number of carbonyl (C=O) groups is 2. The predicted molar refractivity (Wildman–Crippen MR) is 111 cm³/mol. The molecule has 2 aromatic heterocycles. The first kappa shape index (κ1) is 19.3. The highest BCUT2D eigenvalue weighted by molar-refractivity contribution is 6.37. The van der Waals surface area contributed by atoms with Crippen molar-refractivity contribution in [3.05, 3.63) is 81.6 Å². The molecule has 0 unspecified atom stereocenters. The molecule has 0 bridgehead atoms. The van der Waals surface area contributed by atoms with E-state index >= 15 is 0 Å². The maximum Gasteiger partial charge on any atom is 0.267 e. The Morgan fingerprint density at radius 3 is 2.35 bits per heavy atom. The summed E-state index contributed by atoms with van der Waals surface area (Å²) < 4.78 is 30.3. The summed E-state index contributed by atoms with van der Waals surface area (Å²) in [4.78, 5) is 31.3. The first-order valence-electron chi connectivity index (χ1n) is 9.26. The second kappa shape index (κ2) is 6.68. The second-order valence-corrected chi connectivity index (χ2v) is 7.68. The SMILES string of the molecule is Cc1ccc(N2C(=O)c3cnc4c(c(C)nn4-c4ccc(Cl)cc4F)c3C2=O)c(F)c1. The highest BCUT2D eigenvalue weighted by atomic mass is 35.5. The van der Waals surface area contributed by atoms with Crippen LogP contribution in [0.25, 0.3) is 16.7 Å². The van der Waals surface area contributed by atoms with Gasteiger partial charge in [0, 0.05) is 11.2 Å². The minimum atomic E-state index is -0.686. The van der Waals surface area contributed by atoms with Crippen LogP contribution in [0.15, 0.2) is 42.6 Å². The summed E-state index contributed by atoms with van der Waals surface area (Å²) in [5.41, 5.74) is 1.28. The Bertz CT molecular complexity index is 1450. The summed E-state index contributed by atoms with van der Waals surface area (Å²) in [6.07, 6.45) is 1.23. The molecule has 2 aromatic carbocycles. The van der Waals surface area contributed by atoms with Crippen LogP contribution in [0.2, 0.25) is 5.02 Å². The molecule has 2 amide bonds. The van der Waals surface area contributed by atoms with Gasteiger partial charge in [0.05, 0.1) is 27.9 Å². The molecule has 154 valence electrons. The fraction of sp³-hybridized carbons (Fsp3) is 0.0909. The number of hydrogen-bond acceptors (Lipinski definition) is 4. The molecule has 1 aliphatic heterocycles. The van der Waals surface area contributed by atoms with Gasteiger partial charge in [-0.3, -0.25) is 9.59 Å². The molecule has 0 spiro atoms. The van der Waals surface area contributed by atoms with Gasteiger partial charge in [0.25, 0.3) is 11.8 Å². The van der Waals surface area contributed by atoms with Crippen molar-refractivity contribution in [2.45, 2.75) is 13.8 Å². The Kier molecular flexibility index (Phi) is 4.16. The van der Waals surface area contributed by atoms with Gasteiger partial charge in [-0.25, -0.2) is 23.3 Å². The van der Waals surface area contributed by atoms with Crippen molar-refractivity contribution in [2.75, 3.05) is 4.90 Å². The lowest BCUT2D eigenvalue weighted by Crippen LogP contribution is -2.30. The number of benzene rings is 2. The van der Waals surface area contributed by atoms with Gasteiger partial charge in [-0.05, 0) is 49.7 Å². The average molecular weight is 439 g/mol. The Balaban J connectivity index is 1.73. The normalized spacial score (nSPS) is 13.4. The molecule has 31 heavy (non-hydrogen) atoms. The molecule has 0 atom stereocenters. The number of rotatable bonds is 2. The number of carbonyl (C=O) groups excluding carboxylic acids is 2. The van der Waals surface area contributed by atoms with E-state index in [4.69, 9.17) is 11.6 Å². The molecule has 0 N–H and O–H groups in total. The van der Waals surface area contributed by atoms with E-state index < -0.39 is 23.4 Å². The van der Waals surface area contributed by atoms with Gasteiger partial charge in [0.15, 0.2) is 5.65 Å². The van der Waals surface area contributed by atoms with E-state index in [1.165, 1.54) is 35.1 Å². The number of imide groups is 1. The second-order valence-electron chi connectivity index (χ2n) is 7.24. The Morgan fingerprint density at radius 2 is 1.65 bits per heavy atom. The monoisotopic (exact) mass is 438 g/mol. The summed E-state index contributed by atoms with van der Waals surface area (Å²) in [6, 6.07) is 8.34. The minimum Gasteiger partial charge on any atom is -0.268 e. The van der Waals surface area contributed by atoms with Crippen molar-refractivity contribution in [1.29, 1.82) is 0 Å². The zero-order chi connectivity index (χ0) is 22.0. The van der Waals surface area contributed by atoms with Crippen molar-refractivity contribution in [3.8, 4) is 5.69 Å². The summed E-state index contributed by atoms with van der Waals surface area (Å²) >= 11 is 5.83. The van der Waals surface area contributed by atoms with Crippen molar-refractivity contribution in [2.24, 2.45) is 0 Å². The van der Waals surface area contributed by atoms with E-state index in [0.29, 0.717) is 16.6 Å². The Morgan fingerprint density at radius 1 is 0.935 bits per heavy atom. The number of anilines is 1. The average Bonchev–Trinajstić information content (AvgIpc) is 3.17. The van der Waals surface area contributed by atoms with Crippen molar-refractivity contribution < 1.29 is 18.4 Å². The van der Waals surface area contributed by atoms with Crippen LogP contribution in [-0.4, -0.2) is 26.6 Å². The maximum absolute atomic E-state index is 14.5. The molecule has 0 saturated carbocycles. The topological polar surface area (TPSA) is 68.1 Å². The van der Waals surface area contributed by atoms with Crippen LogP contribution in [0.3, 0.4) is 0 Å². The van der Waals surface area contributed by atoms with Crippen LogP contribution in [0.5, 0.6) is 0 Å². The number of aromatic nitrogens is 3. The zero-order valence-electron chi connectivity index (χ0n) is 16.3. The fourth-order valence-electron chi connectivity index (χ4n) is 3.79. The van der Waals surface area contributed by atoms with Gasteiger partial charge in [0.2, 0.25) is 0 Å². The molecular formula is C22H13ClF2N4O2. The lowest BCUT2D eigenvalue weighted by molar-refractivity contribution is 0.0925. The van der Waals surface area contributed by atoms with Gasteiger partial charge >= 0.3 is 0 Å². The summed E-state index contributed by atoms with van der Waals surface area (Å²) in [5.74, 6) is -2.67. The third-order valence-corrected chi connectivity index (χ3v) is 5.44. The lowest BCUT2D eigenvalue weighted by atomic mass is 10.1. The van der Waals surface area contributed by atoms with Gasteiger partial charge in [-0.1, -0.05) is 17.7 Å². The predicted octanol–water partition coefficient (Wildman–Crippen LogP) is 4.77. The lowest BCUT2D eigenvalue weighted by Gasteiger charge is -2.15. The molecule has 9 heteroatoms. The van der Waals surface area contributed by atoms with Gasteiger partial charge < -0.3 is 0 Å². The first-order chi connectivity index (χ1) is 14.8. The summed E-state index contributed by atoms with van der Waals surface area (Å²) in [6.45, 7) is 3.33. The molecule has 4 aromatic rings. The number of nitrogens with zero attached hydrogens (tertiary/aromatic N) is 4. The molecule has 0 fully saturated rings. The van der Waals surface area contributed by atoms with Crippen LogP contribution < -0.4 is 4.90 Å². The smallest absolute Gasteiger partial charge is 0.267 e. The van der Waals surface area contributed by atoms with Gasteiger partial charge in [-0.15, -0.1) is 0 Å². The summed E-state index contributed by atoms with van der Waals surface area (Å²) in [7, 11) is 0.